The molecule has 0 aromatic carbocycles. The SMILES string of the molecule is Cc1sc(NC(=O)C2(C)CC(=O)N=C3C=CC=CN32)c(C(N)=O)c1C. The zero-order chi connectivity index (χ0) is 18.4. The fourth-order valence-electron chi connectivity index (χ4n) is 2.93. The third-order valence-corrected chi connectivity index (χ3v) is 5.58. The van der Waals surface area contributed by atoms with E-state index < -0.39 is 17.4 Å². The Hall–Kier alpha value is -2.74. The summed E-state index contributed by atoms with van der Waals surface area (Å²) in [7, 11) is 0. The number of primary amides is 1. The van der Waals surface area contributed by atoms with E-state index in [0.717, 1.165) is 10.4 Å². The van der Waals surface area contributed by atoms with E-state index in [1.54, 1.807) is 43.2 Å². The molecule has 130 valence electrons. The molecule has 3 rings (SSSR count). The number of amides is 3. The van der Waals surface area contributed by atoms with Gasteiger partial charge in [-0.3, -0.25) is 14.4 Å². The number of nitrogens with one attached hydrogen (secondary N) is 1. The number of hydrogen-bond acceptors (Lipinski definition) is 5. The second-order valence-electron chi connectivity index (χ2n) is 6.19. The van der Waals surface area contributed by atoms with Gasteiger partial charge in [0.2, 0.25) is 0 Å². The summed E-state index contributed by atoms with van der Waals surface area (Å²) in [5, 5.41) is 3.19. The van der Waals surface area contributed by atoms with Crippen LogP contribution in [0.4, 0.5) is 5.00 Å². The minimum absolute atomic E-state index is 0.0598. The van der Waals surface area contributed by atoms with E-state index in [0.29, 0.717) is 16.4 Å². The molecule has 1 aromatic rings. The number of allylic oxidation sites excluding steroid dienone is 2. The second kappa shape index (κ2) is 5.96. The van der Waals surface area contributed by atoms with E-state index in [4.69, 9.17) is 5.73 Å². The van der Waals surface area contributed by atoms with Crippen molar-refractivity contribution in [2.45, 2.75) is 32.7 Å². The molecule has 0 saturated carbocycles. The zero-order valence-corrected chi connectivity index (χ0v) is 14.9. The number of rotatable bonds is 3. The summed E-state index contributed by atoms with van der Waals surface area (Å²) < 4.78 is 0. The van der Waals surface area contributed by atoms with Crippen LogP contribution < -0.4 is 11.1 Å². The first kappa shape index (κ1) is 17.1. The first-order valence-electron chi connectivity index (χ1n) is 7.71. The Balaban J connectivity index is 1.96. The average Bonchev–Trinajstić information content (AvgIpc) is 2.81. The molecule has 0 bridgehead atoms. The molecule has 3 N–H and O–H groups in total. The van der Waals surface area contributed by atoms with Crippen molar-refractivity contribution in [2.24, 2.45) is 10.7 Å². The highest BCUT2D eigenvalue weighted by molar-refractivity contribution is 7.16. The highest BCUT2D eigenvalue weighted by Crippen LogP contribution is 2.35. The number of aryl methyl sites for hydroxylation is 1. The van der Waals surface area contributed by atoms with Crippen LogP contribution in [0, 0.1) is 13.8 Å². The van der Waals surface area contributed by atoms with E-state index in [9.17, 15) is 14.4 Å². The van der Waals surface area contributed by atoms with Crippen LogP contribution in [-0.2, 0) is 9.59 Å². The molecule has 1 aromatic heterocycles. The average molecular weight is 358 g/mol. The molecule has 3 amide bonds. The molecule has 7 nitrogen and oxygen atoms in total. The van der Waals surface area contributed by atoms with Crippen LogP contribution >= 0.6 is 11.3 Å². The van der Waals surface area contributed by atoms with Gasteiger partial charge in [-0.15, -0.1) is 11.3 Å². The Kier molecular flexibility index (Phi) is 4.08. The summed E-state index contributed by atoms with van der Waals surface area (Å²) >= 11 is 1.29. The van der Waals surface area contributed by atoms with Crippen LogP contribution in [0.1, 0.15) is 34.1 Å². The molecule has 0 saturated heterocycles. The van der Waals surface area contributed by atoms with Crippen molar-refractivity contribution >= 4 is 39.9 Å². The molecule has 1 atom stereocenters. The Morgan fingerprint density at radius 1 is 1.36 bits per heavy atom. The molecule has 8 heteroatoms. The topological polar surface area (TPSA) is 105 Å². The van der Waals surface area contributed by atoms with Crippen molar-refractivity contribution in [1.29, 1.82) is 0 Å². The van der Waals surface area contributed by atoms with Crippen molar-refractivity contribution < 1.29 is 14.4 Å². The van der Waals surface area contributed by atoms with Crippen LogP contribution in [0.15, 0.2) is 29.4 Å². The molecule has 25 heavy (non-hydrogen) atoms. The molecule has 0 spiro atoms. The van der Waals surface area contributed by atoms with E-state index in [1.165, 1.54) is 11.3 Å². The summed E-state index contributed by atoms with van der Waals surface area (Å²) in [5.74, 6) is -0.926. The van der Waals surface area contributed by atoms with Crippen LogP contribution in [0.25, 0.3) is 0 Å². The quantitative estimate of drug-likeness (QED) is 0.860. The van der Waals surface area contributed by atoms with Gasteiger partial charge in [0.25, 0.3) is 17.7 Å². The van der Waals surface area contributed by atoms with Gasteiger partial charge in [0.1, 0.15) is 16.4 Å². The molecule has 0 aliphatic carbocycles. The maximum absolute atomic E-state index is 13.0. The Bertz CT molecular complexity index is 881. The van der Waals surface area contributed by atoms with Gasteiger partial charge < -0.3 is 16.0 Å². The number of fused-ring (bicyclic) bond motifs is 1. The van der Waals surface area contributed by atoms with Gasteiger partial charge in [-0.25, -0.2) is 0 Å². The lowest BCUT2D eigenvalue weighted by Crippen LogP contribution is -2.58. The minimum Gasteiger partial charge on any atom is -0.365 e. The Morgan fingerprint density at radius 3 is 2.76 bits per heavy atom. The lowest BCUT2D eigenvalue weighted by Gasteiger charge is -2.41. The van der Waals surface area contributed by atoms with Crippen molar-refractivity contribution in [3.63, 3.8) is 0 Å². The van der Waals surface area contributed by atoms with Crippen LogP contribution in [-0.4, -0.2) is 34.0 Å². The Labute approximate surface area is 148 Å². The van der Waals surface area contributed by atoms with Gasteiger partial charge in [0.15, 0.2) is 0 Å². The molecule has 1 unspecified atom stereocenters. The fourth-order valence-corrected chi connectivity index (χ4v) is 3.99. The van der Waals surface area contributed by atoms with Gasteiger partial charge in [0.05, 0.1) is 12.0 Å². The highest BCUT2D eigenvalue weighted by Gasteiger charge is 2.45. The summed E-state index contributed by atoms with van der Waals surface area (Å²) in [6.07, 6.45) is 6.86. The Morgan fingerprint density at radius 2 is 2.08 bits per heavy atom. The molecule has 0 radical (unpaired) electrons. The number of amidine groups is 1. The van der Waals surface area contributed by atoms with Gasteiger partial charge >= 0.3 is 0 Å². The molecule has 0 fully saturated rings. The zero-order valence-electron chi connectivity index (χ0n) is 14.1. The van der Waals surface area contributed by atoms with Crippen molar-refractivity contribution in [2.75, 3.05) is 5.32 Å². The van der Waals surface area contributed by atoms with Gasteiger partial charge in [-0.05, 0) is 38.5 Å². The van der Waals surface area contributed by atoms with E-state index in [1.807, 2.05) is 6.92 Å². The normalized spacial score (nSPS) is 21.8. The second-order valence-corrected chi connectivity index (χ2v) is 7.42. The lowest BCUT2D eigenvalue weighted by molar-refractivity contribution is -0.130. The fraction of sp³-hybridized carbons (Fsp3) is 0.294. The minimum atomic E-state index is -1.14. The first-order chi connectivity index (χ1) is 11.7. The largest absolute Gasteiger partial charge is 0.365 e. The number of carbonyl (C=O) groups excluding carboxylic acids is 3. The number of hydrogen-bond donors (Lipinski definition) is 2. The summed E-state index contributed by atoms with van der Waals surface area (Å²) in [6.45, 7) is 5.32. The van der Waals surface area contributed by atoms with E-state index >= 15 is 0 Å². The summed E-state index contributed by atoms with van der Waals surface area (Å²) in [6, 6.07) is 0. The highest BCUT2D eigenvalue weighted by atomic mass is 32.1. The van der Waals surface area contributed by atoms with Crippen LogP contribution in [0.2, 0.25) is 0 Å². The van der Waals surface area contributed by atoms with Gasteiger partial charge in [0, 0.05) is 11.1 Å². The molecular weight excluding hydrogens is 340 g/mol. The molecular formula is C17H18N4O3S. The number of thiophene rings is 1. The van der Waals surface area contributed by atoms with Gasteiger partial charge in [-0.1, -0.05) is 6.08 Å². The maximum atomic E-state index is 13.0. The third-order valence-electron chi connectivity index (χ3n) is 4.45. The summed E-state index contributed by atoms with van der Waals surface area (Å²) in [5.41, 5.74) is 5.37. The van der Waals surface area contributed by atoms with Crippen LogP contribution in [0.3, 0.4) is 0 Å². The van der Waals surface area contributed by atoms with Gasteiger partial charge in [-0.2, -0.15) is 4.99 Å². The number of anilines is 1. The number of nitrogens with two attached hydrogens (primary N) is 1. The van der Waals surface area contributed by atoms with Crippen molar-refractivity contribution in [1.82, 2.24) is 4.90 Å². The number of nitrogens with zero attached hydrogens (tertiary/aromatic N) is 2. The molecule has 2 aliphatic rings. The van der Waals surface area contributed by atoms with Crippen molar-refractivity contribution in [3.05, 3.63) is 40.4 Å². The predicted molar refractivity (Wildman–Crippen MR) is 96.5 cm³/mol. The number of carbonyl (C=O) groups is 3. The van der Waals surface area contributed by atoms with E-state index in [2.05, 4.69) is 10.3 Å². The molecule has 3 heterocycles. The van der Waals surface area contributed by atoms with Crippen LogP contribution in [0.5, 0.6) is 0 Å². The number of aliphatic imine (C=N–C) groups is 1. The smallest absolute Gasteiger partial charge is 0.251 e. The first-order valence-corrected chi connectivity index (χ1v) is 8.52. The van der Waals surface area contributed by atoms with E-state index in [-0.39, 0.29) is 12.3 Å². The third kappa shape index (κ3) is 2.78. The maximum Gasteiger partial charge on any atom is 0.251 e. The molecule has 2 aliphatic heterocycles. The lowest BCUT2D eigenvalue weighted by atomic mass is 9.91. The standard InChI is InChI=1S/C17H18N4O3S/c1-9-10(2)25-15(13(9)14(18)23)20-16(24)17(3)8-12(22)19-11-6-4-5-7-21(11)17/h4-7H,8H2,1-3H3,(H2,18,23)(H,20,24). The van der Waals surface area contributed by atoms with Crippen molar-refractivity contribution in [3.8, 4) is 0 Å². The summed E-state index contributed by atoms with van der Waals surface area (Å²) in [4.78, 5) is 43.3. The monoisotopic (exact) mass is 358 g/mol. The predicted octanol–water partition coefficient (Wildman–Crippen LogP) is 1.88.